The number of fused-ring (bicyclic) bond motifs is 1. The number of thiophene rings is 1. The van der Waals surface area contributed by atoms with E-state index in [0.717, 1.165) is 37.9 Å². The molecule has 6 nitrogen and oxygen atoms in total. The van der Waals surface area contributed by atoms with Gasteiger partial charge in [-0.15, -0.1) is 11.3 Å². The smallest absolute Gasteiger partial charge is 0.251 e. The van der Waals surface area contributed by atoms with Gasteiger partial charge in [-0.25, -0.2) is 0 Å². The minimum atomic E-state index is -0.453. The molecule has 2 aliphatic rings. The summed E-state index contributed by atoms with van der Waals surface area (Å²) < 4.78 is 5.72. The van der Waals surface area contributed by atoms with Gasteiger partial charge in [0.2, 0.25) is 5.91 Å². The molecular weight excluding hydrogens is 326 g/mol. The maximum absolute atomic E-state index is 12.7. The van der Waals surface area contributed by atoms with Gasteiger partial charge in [0.1, 0.15) is 5.00 Å². The molecule has 3 rings (SSSR count). The van der Waals surface area contributed by atoms with Crippen molar-refractivity contribution in [3.8, 4) is 0 Å². The fourth-order valence-electron chi connectivity index (χ4n) is 3.67. The van der Waals surface area contributed by atoms with Gasteiger partial charge in [-0.05, 0) is 45.6 Å². The lowest BCUT2D eigenvalue weighted by atomic mass is 10.1. The average Bonchev–Trinajstić information content (AvgIpc) is 3.05. The molecule has 3 atom stereocenters. The van der Waals surface area contributed by atoms with Crippen molar-refractivity contribution in [1.82, 2.24) is 4.90 Å². The van der Waals surface area contributed by atoms with E-state index in [4.69, 9.17) is 10.5 Å². The van der Waals surface area contributed by atoms with E-state index in [1.54, 1.807) is 0 Å². The van der Waals surface area contributed by atoms with Gasteiger partial charge in [0.05, 0.1) is 23.8 Å². The molecule has 0 spiro atoms. The number of carbonyl (C=O) groups is 2. The largest absolute Gasteiger partial charge is 0.373 e. The molecule has 132 valence electrons. The van der Waals surface area contributed by atoms with Crippen LogP contribution in [0.3, 0.4) is 0 Å². The van der Waals surface area contributed by atoms with Gasteiger partial charge in [-0.1, -0.05) is 0 Å². The molecule has 1 aliphatic carbocycles. The molecule has 0 bridgehead atoms. The Balaban J connectivity index is 1.74. The summed E-state index contributed by atoms with van der Waals surface area (Å²) in [6, 6.07) is -0.281. The van der Waals surface area contributed by atoms with E-state index in [9.17, 15) is 9.59 Å². The minimum absolute atomic E-state index is 0.0984. The molecule has 3 N–H and O–H groups in total. The van der Waals surface area contributed by atoms with Crippen molar-refractivity contribution in [2.75, 3.05) is 18.4 Å². The number of nitrogens with zero attached hydrogens (tertiary/aromatic N) is 1. The Hall–Kier alpha value is -1.44. The van der Waals surface area contributed by atoms with Crippen molar-refractivity contribution in [3.63, 3.8) is 0 Å². The summed E-state index contributed by atoms with van der Waals surface area (Å²) in [6.45, 7) is 7.38. The molecule has 1 fully saturated rings. The zero-order valence-electron chi connectivity index (χ0n) is 14.4. The van der Waals surface area contributed by atoms with Crippen LogP contribution in [-0.2, 0) is 22.4 Å². The normalized spacial score (nSPS) is 25.3. The predicted octanol–water partition coefficient (Wildman–Crippen LogP) is 1.77. The second-order valence-corrected chi connectivity index (χ2v) is 7.91. The van der Waals surface area contributed by atoms with Crippen LogP contribution in [0.15, 0.2) is 0 Å². The molecule has 7 heteroatoms. The highest BCUT2D eigenvalue weighted by Crippen LogP contribution is 2.38. The van der Waals surface area contributed by atoms with Gasteiger partial charge >= 0.3 is 0 Å². The first-order valence-electron chi connectivity index (χ1n) is 8.51. The summed E-state index contributed by atoms with van der Waals surface area (Å²) in [7, 11) is 0. The number of carbonyl (C=O) groups excluding carboxylic acids is 2. The molecular formula is C17H25N3O3S. The summed E-state index contributed by atoms with van der Waals surface area (Å²) in [5.41, 5.74) is 7.10. The number of hydrogen-bond acceptors (Lipinski definition) is 5. The molecule has 1 aromatic rings. The SMILES string of the molecule is C[C@@H]1CN([C@@H](C)C(=O)Nc2sc3c(c2C(N)=O)CCC3)C[C@@H](C)O1. The Morgan fingerprint density at radius 2 is 1.96 bits per heavy atom. The van der Waals surface area contributed by atoms with Crippen LogP contribution in [0.4, 0.5) is 5.00 Å². The summed E-state index contributed by atoms with van der Waals surface area (Å²) in [5.74, 6) is -0.551. The van der Waals surface area contributed by atoms with E-state index in [1.807, 2.05) is 20.8 Å². The summed E-state index contributed by atoms with van der Waals surface area (Å²) >= 11 is 1.49. The molecule has 0 saturated carbocycles. The lowest BCUT2D eigenvalue weighted by Crippen LogP contribution is -2.52. The van der Waals surface area contributed by atoms with Gasteiger partial charge in [-0.3, -0.25) is 14.5 Å². The molecule has 1 aromatic heterocycles. The van der Waals surface area contributed by atoms with Crippen molar-refractivity contribution >= 4 is 28.2 Å². The van der Waals surface area contributed by atoms with E-state index >= 15 is 0 Å². The maximum Gasteiger partial charge on any atom is 0.251 e. The quantitative estimate of drug-likeness (QED) is 0.866. The fraction of sp³-hybridized carbons (Fsp3) is 0.647. The van der Waals surface area contributed by atoms with Crippen LogP contribution < -0.4 is 11.1 Å². The number of nitrogens with one attached hydrogen (secondary N) is 1. The second kappa shape index (κ2) is 6.82. The number of ether oxygens (including phenoxy) is 1. The van der Waals surface area contributed by atoms with Crippen molar-refractivity contribution in [2.24, 2.45) is 5.73 Å². The molecule has 1 saturated heterocycles. The second-order valence-electron chi connectivity index (χ2n) is 6.80. The number of primary amides is 1. The molecule has 0 unspecified atom stereocenters. The van der Waals surface area contributed by atoms with Crippen LogP contribution in [0.5, 0.6) is 0 Å². The van der Waals surface area contributed by atoms with E-state index in [2.05, 4.69) is 10.2 Å². The van der Waals surface area contributed by atoms with Gasteiger partial charge in [0.25, 0.3) is 5.91 Å². The number of anilines is 1. The number of nitrogens with two attached hydrogens (primary N) is 1. The highest BCUT2D eigenvalue weighted by Gasteiger charge is 2.31. The number of amides is 2. The standard InChI is InChI=1S/C17H25N3O3S/c1-9-7-20(8-10(2)23-9)11(3)16(22)19-17-14(15(18)21)12-5-4-6-13(12)24-17/h9-11H,4-8H2,1-3H3,(H2,18,21)(H,19,22)/t9-,10-,11+/m1/s1. The van der Waals surface area contributed by atoms with Crippen LogP contribution in [-0.4, -0.2) is 48.1 Å². The fourth-order valence-corrected chi connectivity index (χ4v) is 4.97. The third-order valence-corrected chi connectivity index (χ3v) is 5.99. The third-order valence-electron chi connectivity index (χ3n) is 4.78. The Labute approximate surface area is 146 Å². The highest BCUT2D eigenvalue weighted by molar-refractivity contribution is 7.17. The summed E-state index contributed by atoms with van der Waals surface area (Å²) in [5, 5.41) is 3.55. The highest BCUT2D eigenvalue weighted by atomic mass is 32.1. The van der Waals surface area contributed by atoms with Gasteiger partial charge in [-0.2, -0.15) is 0 Å². The molecule has 0 radical (unpaired) electrons. The number of rotatable bonds is 4. The van der Waals surface area contributed by atoms with E-state index < -0.39 is 5.91 Å². The van der Waals surface area contributed by atoms with Crippen LogP contribution in [0, 0.1) is 0 Å². The average molecular weight is 351 g/mol. The first-order valence-corrected chi connectivity index (χ1v) is 9.33. The van der Waals surface area contributed by atoms with Gasteiger partial charge < -0.3 is 15.8 Å². The zero-order valence-corrected chi connectivity index (χ0v) is 15.2. The zero-order chi connectivity index (χ0) is 17.4. The van der Waals surface area contributed by atoms with Crippen LogP contribution in [0.25, 0.3) is 0 Å². The maximum atomic E-state index is 12.7. The molecule has 1 aliphatic heterocycles. The Kier molecular flexibility index (Phi) is 4.94. The lowest BCUT2D eigenvalue weighted by molar-refractivity contribution is -0.126. The van der Waals surface area contributed by atoms with Crippen LogP contribution in [0.1, 0.15) is 48.0 Å². The minimum Gasteiger partial charge on any atom is -0.373 e. The molecule has 2 heterocycles. The Bertz CT molecular complexity index is 648. The van der Waals surface area contributed by atoms with Crippen molar-refractivity contribution in [3.05, 3.63) is 16.0 Å². The van der Waals surface area contributed by atoms with Crippen LogP contribution >= 0.6 is 11.3 Å². The van der Waals surface area contributed by atoms with E-state index in [-0.39, 0.29) is 24.2 Å². The van der Waals surface area contributed by atoms with E-state index in [0.29, 0.717) is 10.6 Å². The third kappa shape index (κ3) is 3.34. The predicted molar refractivity (Wildman–Crippen MR) is 94.5 cm³/mol. The first-order chi connectivity index (χ1) is 11.4. The monoisotopic (exact) mass is 351 g/mol. The Morgan fingerprint density at radius 3 is 2.58 bits per heavy atom. The van der Waals surface area contributed by atoms with Gasteiger partial charge in [0.15, 0.2) is 0 Å². The first kappa shape index (κ1) is 17.4. The van der Waals surface area contributed by atoms with Crippen LogP contribution in [0.2, 0.25) is 0 Å². The Morgan fingerprint density at radius 1 is 1.29 bits per heavy atom. The topological polar surface area (TPSA) is 84.7 Å². The molecule has 24 heavy (non-hydrogen) atoms. The summed E-state index contributed by atoms with van der Waals surface area (Å²) in [6.07, 6.45) is 3.10. The van der Waals surface area contributed by atoms with Crippen molar-refractivity contribution < 1.29 is 14.3 Å². The molecule has 0 aromatic carbocycles. The van der Waals surface area contributed by atoms with Gasteiger partial charge in [0, 0.05) is 18.0 Å². The summed E-state index contributed by atoms with van der Waals surface area (Å²) in [4.78, 5) is 27.8. The molecule has 2 amide bonds. The van der Waals surface area contributed by atoms with Crippen molar-refractivity contribution in [2.45, 2.75) is 58.3 Å². The number of aryl methyl sites for hydroxylation is 1. The lowest BCUT2D eigenvalue weighted by Gasteiger charge is -2.38. The number of morpholine rings is 1. The number of hydrogen-bond donors (Lipinski definition) is 2. The van der Waals surface area contributed by atoms with E-state index in [1.165, 1.54) is 16.2 Å². The van der Waals surface area contributed by atoms with Crippen molar-refractivity contribution in [1.29, 1.82) is 0 Å².